The van der Waals surface area contributed by atoms with Crippen LogP contribution in [0.15, 0.2) is 54.6 Å². The number of rotatable bonds is 4. The maximum atomic E-state index is 12.0. The van der Waals surface area contributed by atoms with E-state index in [4.69, 9.17) is 4.74 Å². The number of benzene rings is 2. The molecule has 1 aliphatic rings. The van der Waals surface area contributed by atoms with Crippen LogP contribution in [0.3, 0.4) is 0 Å². The van der Waals surface area contributed by atoms with Gasteiger partial charge in [0.1, 0.15) is 12.4 Å². The number of carbonyl (C=O) groups is 1. The summed E-state index contributed by atoms with van der Waals surface area (Å²) in [5.41, 5.74) is 2.26. The molecule has 0 aliphatic carbocycles. The third-order valence-electron chi connectivity index (χ3n) is 3.52. The minimum Gasteiger partial charge on any atom is -0.491 e. The van der Waals surface area contributed by atoms with E-state index < -0.39 is 0 Å². The van der Waals surface area contributed by atoms with Crippen LogP contribution in [0.5, 0.6) is 5.75 Å². The van der Waals surface area contributed by atoms with Crippen LogP contribution in [0.2, 0.25) is 0 Å². The molecule has 1 heterocycles. The van der Waals surface area contributed by atoms with Crippen LogP contribution in [0.4, 0.5) is 0 Å². The van der Waals surface area contributed by atoms with Gasteiger partial charge in [-0.15, -0.1) is 0 Å². The van der Waals surface area contributed by atoms with Crippen molar-refractivity contribution < 1.29 is 9.53 Å². The Hall–Kier alpha value is -2.29. The molecule has 3 nitrogen and oxygen atoms in total. The predicted octanol–water partition coefficient (Wildman–Crippen LogP) is 2.87. The van der Waals surface area contributed by atoms with Gasteiger partial charge in [-0.3, -0.25) is 4.79 Å². The van der Waals surface area contributed by atoms with Gasteiger partial charge in [-0.05, 0) is 18.1 Å². The van der Waals surface area contributed by atoms with Crippen molar-refractivity contribution in [2.24, 2.45) is 0 Å². The van der Waals surface area contributed by atoms with Crippen molar-refractivity contribution in [2.45, 2.75) is 18.9 Å². The summed E-state index contributed by atoms with van der Waals surface area (Å²) in [6.07, 6.45) is 1.27. The second kappa shape index (κ2) is 5.78. The van der Waals surface area contributed by atoms with Gasteiger partial charge in [0.25, 0.3) is 0 Å². The average molecular weight is 267 g/mol. The lowest BCUT2D eigenvalue weighted by Crippen LogP contribution is -2.29. The van der Waals surface area contributed by atoms with Gasteiger partial charge in [-0.1, -0.05) is 48.5 Å². The highest BCUT2D eigenvalue weighted by Crippen LogP contribution is 2.31. The summed E-state index contributed by atoms with van der Waals surface area (Å²) >= 11 is 0. The molecule has 0 fully saturated rings. The van der Waals surface area contributed by atoms with Gasteiger partial charge < -0.3 is 10.1 Å². The number of amides is 1. The Morgan fingerprint density at radius 3 is 2.70 bits per heavy atom. The number of nitrogens with one attached hydrogen (secondary N) is 1. The van der Waals surface area contributed by atoms with Gasteiger partial charge in [0.15, 0.2) is 0 Å². The zero-order chi connectivity index (χ0) is 13.8. The van der Waals surface area contributed by atoms with Crippen molar-refractivity contribution in [2.75, 3.05) is 6.61 Å². The fraction of sp³-hybridized carbons (Fsp3) is 0.235. The molecule has 1 amide bonds. The van der Waals surface area contributed by atoms with Crippen LogP contribution in [0, 0.1) is 0 Å². The normalized spacial score (nSPS) is 16.3. The van der Waals surface area contributed by atoms with Crippen molar-refractivity contribution in [3.63, 3.8) is 0 Å². The predicted molar refractivity (Wildman–Crippen MR) is 77.6 cm³/mol. The van der Waals surface area contributed by atoms with Gasteiger partial charge >= 0.3 is 0 Å². The molecule has 2 aromatic carbocycles. The lowest BCUT2D eigenvalue weighted by Gasteiger charge is -2.11. The highest BCUT2D eigenvalue weighted by molar-refractivity contribution is 5.77. The summed E-state index contributed by atoms with van der Waals surface area (Å²) in [5.74, 6) is 0.944. The smallest absolute Gasteiger partial charge is 0.220 e. The summed E-state index contributed by atoms with van der Waals surface area (Å²) in [6.45, 7) is 0.524. The molecule has 1 aliphatic heterocycles. The lowest BCUT2D eigenvalue weighted by atomic mass is 10.1. The van der Waals surface area contributed by atoms with Gasteiger partial charge in [0.05, 0.1) is 6.04 Å². The second-order valence-corrected chi connectivity index (χ2v) is 4.95. The van der Waals surface area contributed by atoms with Crippen molar-refractivity contribution in [1.29, 1.82) is 0 Å². The van der Waals surface area contributed by atoms with Gasteiger partial charge in [0.2, 0.25) is 5.91 Å². The summed E-state index contributed by atoms with van der Waals surface area (Å²) in [6, 6.07) is 17.9. The largest absolute Gasteiger partial charge is 0.491 e. The molecule has 1 N–H and O–H groups in total. The van der Waals surface area contributed by atoms with Crippen molar-refractivity contribution >= 4 is 5.91 Å². The SMILES string of the molecule is O=C(CCc1ccccc1)NC1COc2ccccc21. The number of para-hydroxylation sites is 1. The van der Waals surface area contributed by atoms with E-state index in [1.165, 1.54) is 5.56 Å². The minimum atomic E-state index is -0.0190. The molecule has 1 unspecified atom stereocenters. The molecule has 102 valence electrons. The standard InChI is InChI=1S/C17H17NO2/c19-17(11-10-13-6-2-1-3-7-13)18-15-12-20-16-9-5-4-8-14(15)16/h1-9,15H,10-12H2,(H,18,19). The molecule has 3 heteroatoms. The topological polar surface area (TPSA) is 38.3 Å². The quantitative estimate of drug-likeness (QED) is 0.925. The highest BCUT2D eigenvalue weighted by atomic mass is 16.5. The Bertz CT molecular complexity index is 595. The van der Waals surface area contributed by atoms with E-state index in [-0.39, 0.29) is 11.9 Å². The summed E-state index contributed by atoms with van der Waals surface area (Å²) < 4.78 is 5.56. The van der Waals surface area contributed by atoms with E-state index in [0.717, 1.165) is 17.7 Å². The number of aryl methyl sites for hydroxylation is 1. The lowest BCUT2D eigenvalue weighted by molar-refractivity contribution is -0.121. The fourth-order valence-electron chi connectivity index (χ4n) is 2.45. The molecule has 0 radical (unpaired) electrons. The molecule has 2 aromatic rings. The van der Waals surface area contributed by atoms with Crippen LogP contribution in [0.25, 0.3) is 0 Å². The maximum Gasteiger partial charge on any atom is 0.220 e. The van der Waals surface area contributed by atoms with E-state index in [0.29, 0.717) is 13.0 Å². The third kappa shape index (κ3) is 2.82. The molecular formula is C17H17NO2. The van der Waals surface area contributed by atoms with Crippen molar-refractivity contribution in [1.82, 2.24) is 5.32 Å². The Morgan fingerprint density at radius 2 is 1.85 bits per heavy atom. The van der Waals surface area contributed by atoms with E-state index in [9.17, 15) is 4.79 Å². The van der Waals surface area contributed by atoms with Crippen molar-refractivity contribution in [3.8, 4) is 5.75 Å². The Morgan fingerprint density at radius 1 is 1.10 bits per heavy atom. The third-order valence-corrected chi connectivity index (χ3v) is 3.52. The first-order chi connectivity index (χ1) is 9.83. The van der Waals surface area contributed by atoms with Gasteiger partial charge in [-0.2, -0.15) is 0 Å². The van der Waals surface area contributed by atoms with Crippen LogP contribution in [-0.4, -0.2) is 12.5 Å². The zero-order valence-electron chi connectivity index (χ0n) is 11.2. The van der Waals surface area contributed by atoms with Crippen LogP contribution < -0.4 is 10.1 Å². The van der Waals surface area contributed by atoms with Crippen LogP contribution in [0.1, 0.15) is 23.6 Å². The maximum absolute atomic E-state index is 12.0. The molecule has 0 saturated heterocycles. The first-order valence-corrected chi connectivity index (χ1v) is 6.88. The number of fused-ring (bicyclic) bond motifs is 1. The molecule has 0 saturated carbocycles. The second-order valence-electron chi connectivity index (χ2n) is 4.95. The number of hydrogen-bond donors (Lipinski definition) is 1. The number of hydrogen-bond acceptors (Lipinski definition) is 2. The van der Waals surface area contributed by atoms with Crippen molar-refractivity contribution in [3.05, 3.63) is 65.7 Å². The highest BCUT2D eigenvalue weighted by Gasteiger charge is 2.24. The minimum absolute atomic E-state index is 0.0190. The molecular weight excluding hydrogens is 250 g/mol. The number of carbonyl (C=O) groups excluding carboxylic acids is 1. The van der Waals surface area contributed by atoms with Gasteiger partial charge in [0, 0.05) is 12.0 Å². The molecule has 0 spiro atoms. The van der Waals surface area contributed by atoms with Gasteiger partial charge in [-0.25, -0.2) is 0 Å². The fourth-order valence-corrected chi connectivity index (χ4v) is 2.45. The zero-order valence-corrected chi connectivity index (χ0v) is 11.2. The van der Waals surface area contributed by atoms with E-state index in [1.54, 1.807) is 0 Å². The summed E-state index contributed by atoms with van der Waals surface area (Å²) in [4.78, 5) is 12.0. The molecule has 20 heavy (non-hydrogen) atoms. The Kier molecular flexibility index (Phi) is 3.68. The Balaban J connectivity index is 1.55. The monoisotopic (exact) mass is 267 g/mol. The molecule has 1 atom stereocenters. The first-order valence-electron chi connectivity index (χ1n) is 6.88. The number of ether oxygens (including phenoxy) is 1. The Labute approximate surface area is 118 Å². The molecule has 0 aromatic heterocycles. The summed E-state index contributed by atoms with van der Waals surface area (Å²) in [7, 11) is 0. The van der Waals surface area contributed by atoms with Crippen LogP contribution in [-0.2, 0) is 11.2 Å². The first kappa shape index (κ1) is 12.7. The van der Waals surface area contributed by atoms with E-state index in [1.807, 2.05) is 54.6 Å². The molecule has 0 bridgehead atoms. The van der Waals surface area contributed by atoms with E-state index >= 15 is 0 Å². The van der Waals surface area contributed by atoms with E-state index in [2.05, 4.69) is 5.32 Å². The van der Waals surface area contributed by atoms with Crippen LogP contribution >= 0.6 is 0 Å². The summed E-state index contributed by atoms with van der Waals surface area (Å²) in [5, 5.41) is 3.04. The average Bonchev–Trinajstić information content (AvgIpc) is 2.90. The molecule has 3 rings (SSSR count).